The van der Waals surface area contributed by atoms with E-state index in [1.165, 1.54) is 0 Å². The fraction of sp³-hybridized carbons (Fsp3) is 0.517. The summed E-state index contributed by atoms with van der Waals surface area (Å²) in [5.41, 5.74) is 6.99. The number of hydrogen-bond donors (Lipinski definition) is 1. The van der Waals surface area contributed by atoms with Crippen LogP contribution < -0.4 is 10.5 Å². The predicted octanol–water partition coefficient (Wildman–Crippen LogP) is 4.53. The van der Waals surface area contributed by atoms with Crippen molar-refractivity contribution in [1.82, 2.24) is 9.80 Å². The Labute approximate surface area is 213 Å². The lowest BCUT2D eigenvalue weighted by Crippen LogP contribution is -2.44. The number of rotatable bonds is 8. The second-order valence-electron chi connectivity index (χ2n) is 10.8. The van der Waals surface area contributed by atoms with Gasteiger partial charge in [0.05, 0.1) is 12.5 Å². The summed E-state index contributed by atoms with van der Waals surface area (Å²) in [6.07, 6.45) is 3.60. The second-order valence-corrected chi connectivity index (χ2v) is 10.8. The van der Waals surface area contributed by atoms with E-state index in [2.05, 4.69) is 4.90 Å². The van der Waals surface area contributed by atoms with Crippen molar-refractivity contribution in [2.24, 2.45) is 17.6 Å². The first-order chi connectivity index (χ1) is 17.2. The van der Waals surface area contributed by atoms with E-state index >= 15 is 0 Å². The molecule has 1 atom stereocenters. The van der Waals surface area contributed by atoms with Crippen LogP contribution in [0.3, 0.4) is 0 Å². The van der Waals surface area contributed by atoms with Crippen molar-refractivity contribution >= 4 is 11.8 Å². The number of likely N-dealkylation sites (tertiary alicyclic amines) is 2. The molecule has 4 rings (SSSR count). The van der Waals surface area contributed by atoms with Gasteiger partial charge >= 0.3 is 0 Å². The van der Waals surface area contributed by atoms with Crippen LogP contribution >= 0.6 is 0 Å². The highest BCUT2D eigenvalue weighted by Crippen LogP contribution is 2.26. The number of benzene rings is 2. The maximum atomic E-state index is 13.9. The zero-order valence-electron chi connectivity index (χ0n) is 21.4. The number of piperidine rings is 2. The van der Waals surface area contributed by atoms with Crippen LogP contribution in [0.1, 0.15) is 49.9 Å². The lowest BCUT2D eigenvalue weighted by atomic mass is 9.96. The summed E-state index contributed by atoms with van der Waals surface area (Å²) < 4.78 is 19.9. The zero-order valence-corrected chi connectivity index (χ0v) is 21.4. The fourth-order valence-corrected chi connectivity index (χ4v) is 5.18. The van der Waals surface area contributed by atoms with Gasteiger partial charge in [-0.1, -0.05) is 24.3 Å². The Morgan fingerprint density at radius 2 is 1.58 bits per heavy atom. The molecule has 0 aliphatic carbocycles. The Morgan fingerprint density at radius 1 is 0.972 bits per heavy atom. The van der Waals surface area contributed by atoms with E-state index in [1.807, 2.05) is 48.5 Å². The first-order valence-electron chi connectivity index (χ1n) is 13.0. The molecule has 0 radical (unpaired) electrons. The van der Waals surface area contributed by atoms with Crippen molar-refractivity contribution in [2.45, 2.75) is 45.2 Å². The number of primary amides is 1. The van der Waals surface area contributed by atoms with E-state index in [-0.39, 0.29) is 17.7 Å². The lowest BCUT2D eigenvalue weighted by molar-refractivity contribution is -0.123. The van der Waals surface area contributed by atoms with E-state index < -0.39 is 5.67 Å². The summed E-state index contributed by atoms with van der Waals surface area (Å²) in [6, 6.07) is 15.6. The maximum absolute atomic E-state index is 13.9. The quantitative estimate of drug-likeness (QED) is 0.584. The summed E-state index contributed by atoms with van der Waals surface area (Å²) in [5, 5.41) is 0. The van der Waals surface area contributed by atoms with Crippen LogP contribution in [0.5, 0.6) is 5.75 Å². The molecule has 194 valence electrons. The van der Waals surface area contributed by atoms with E-state index in [4.69, 9.17) is 10.5 Å². The third-order valence-electron chi connectivity index (χ3n) is 7.22. The van der Waals surface area contributed by atoms with Crippen LogP contribution in [-0.2, 0) is 4.79 Å². The molecule has 2 fully saturated rings. The zero-order chi connectivity index (χ0) is 25.7. The molecule has 2 aromatic carbocycles. The molecule has 7 heteroatoms. The number of ether oxygens (including phenoxy) is 1. The minimum atomic E-state index is -1.15. The van der Waals surface area contributed by atoms with Crippen LogP contribution in [0, 0.1) is 11.8 Å². The van der Waals surface area contributed by atoms with Gasteiger partial charge in [-0.3, -0.25) is 9.59 Å². The van der Waals surface area contributed by atoms with E-state index in [0.717, 1.165) is 55.6 Å². The monoisotopic (exact) mass is 495 g/mol. The van der Waals surface area contributed by atoms with Gasteiger partial charge < -0.3 is 20.3 Å². The molecule has 2 heterocycles. The number of amides is 2. The van der Waals surface area contributed by atoms with E-state index in [0.29, 0.717) is 37.7 Å². The van der Waals surface area contributed by atoms with E-state index in [1.54, 1.807) is 18.7 Å². The highest BCUT2D eigenvalue weighted by atomic mass is 19.1. The van der Waals surface area contributed by atoms with Gasteiger partial charge in [-0.25, -0.2) is 4.39 Å². The largest absolute Gasteiger partial charge is 0.493 e. The molecule has 2 aromatic rings. The van der Waals surface area contributed by atoms with Crippen molar-refractivity contribution < 1.29 is 18.7 Å². The third-order valence-corrected chi connectivity index (χ3v) is 7.22. The van der Waals surface area contributed by atoms with Gasteiger partial charge in [0.2, 0.25) is 5.91 Å². The Bertz CT molecular complexity index is 1030. The Kier molecular flexibility index (Phi) is 8.29. The van der Waals surface area contributed by atoms with E-state index in [9.17, 15) is 14.0 Å². The maximum Gasteiger partial charge on any atom is 0.253 e. The number of nitrogens with zero attached hydrogens (tertiary/aromatic N) is 2. The number of hydrogen-bond acceptors (Lipinski definition) is 4. The smallest absolute Gasteiger partial charge is 0.253 e. The van der Waals surface area contributed by atoms with Gasteiger partial charge in [0.1, 0.15) is 11.4 Å². The van der Waals surface area contributed by atoms with Crippen LogP contribution in [0.4, 0.5) is 4.39 Å². The minimum absolute atomic E-state index is 0.0597. The lowest BCUT2D eigenvalue weighted by Gasteiger charge is -2.34. The molecule has 2 N–H and O–H groups in total. The normalized spacial score (nSPS) is 19.8. The standard InChI is InChI=1S/C29H38FN3O3/c1-29(2,30)20-32-16-13-21(14-17-32)19-36-26-11-9-23(10-12-26)22-5-7-24(8-6-22)28(35)33-15-3-4-25(18-33)27(31)34/h5-12,21,25H,3-4,13-20H2,1-2H3,(H2,31,34)/t25-/m0/s1. The number of carbonyl (C=O) groups is 2. The van der Waals surface area contributed by atoms with Crippen molar-refractivity contribution in [3.63, 3.8) is 0 Å². The van der Waals surface area contributed by atoms with Crippen molar-refractivity contribution in [3.8, 4) is 16.9 Å². The van der Waals surface area contributed by atoms with Gasteiger partial charge in [0.25, 0.3) is 5.91 Å². The predicted molar refractivity (Wildman–Crippen MR) is 140 cm³/mol. The Balaban J connectivity index is 1.27. The van der Waals surface area contributed by atoms with Crippen LogP contribution in [0.15, 0.2) is 48.5 Å². The molecule has 2 amide bonds. The second kappa shape index (κ2) is 11.4. The highest BCUT2D eigenvalue weighted by molar-refractivity contribution is 5.95. The van der Waals surface area contributed by atoms with Crippen LogP contribution in [0.25, 0.3) is 11.1 Å². The van der Waals surface area contributed by atoms with Gasteiger partial charge in [-0.05, 0) is 93.9 Å². The Morgan fingerprint density at radius 3 is 2.17 bits per heavy atom. The molecule has 2 aliphatic rings. The highest BCUT2D eigenvalue weighted by Gasteiger charge is 2.28. The molecule has 0 unspecified atom stereocenters. The third kappa shape index (κ3) is 7.06. The summed E-state index contributed by atoms with van der Waals surface area (Å²) in [5.74, 6) is 0.678. The number of nitrogens with two attached hydrogens (primary N) is 1. The molecule has 0 bridgehead atoms. The van der Waals surface area contributed by atoms with Gasteiger partial charge in [-0.15, -0.1) is 0 Å². The minimum Gasteiger partial charge on any atom is -0.493 e. The molecule has 36 heavy (non-hydrogen) atoms. The number of halogens is 1. The van der Waals surface area contributed by atoms with Crippen molar-refractivity contribution in [1.29, 1.82) is 0 Å². The summed E-state index contributed by atoms with van der Waals surface area (Å²) in [7, 11) is 0. The molecule has 0 spiro atoms. The van der Waals surface area contributed by atoms with Crippen molar-refractivity contribution in [3.05, 3.63) is 54.1 Å². The SMILES string of the molecule is CC(C)(F)CN1CCC(COc2ccc(-c3ccc(C(=O)N4CCC[C@H](C(N)=O)C4)cc3)cc2)CC1. The summed E-state index contributed by atoms with van der Waals surface area (Å²) in [4.78, 5) is 28.3. The topological polar surface area (TPSA) is 75.9 Å². The number of alkyl halides is 1. The first-order valence-corrected chi connectivity index (χ1v) is 13.0. The summed E-state index contributed by atoms with van der Waals surface area (Å²) >= 11 is 0. The molecule has 0 aromatic heterocycles. The molecular weight excluding hydrogens is 457 g/mol. The Hall–Kier alpha value is -2.93. The average Bonchev–Trinajstić information content (AvgIpc) is 2.87. The van der Waals surface area contributed by atoms with Crippen LogP contribution in [-0.4, -0.2) is 66.6 Å². The molecular formula is C29H38FN3O3. The fourth-order valence-electron chi connectivity index (χ4n) is 5.18. The first kappa shape index (κ1) is 26.1. The molecule has 6 nitrogen and oxygen atoms in total. The van der Waals surface area contributed by atoms with Gasteiger partial charge in [0, 0.05) is 25.2 Å². The average molecular weight is 496 g/mol. The van der Waals surface area contributed by atoms with Gasteiger partial charge in [-0.2, -0.15) is 0 Å². The van der Waals surface area contributed by atoms with Gasteiger partial charge in [0.15, 0.2) is 0 Å². The molecule has 2 saturated heterocycles. The molecule has 2 aliphatic heterocycles. The summed E-state index contributed by atoms with van der Waals surface area (Å²) in [6.45, 7) is 7.33. The van der Waals surface area contributed by atoms with Crippen LogP contribution in [0.2, 0.25) is 0 Å². The number of carbonyl (C=O) groups excluding carboxylic acids is 2. The molecule has 0 saturated carbocycles. The van der Waals surface area contributed by atoms with Crippen molar-refractivity contribution in [2.75, 3.05) is 39.3 Å².